The van der Waals surface area contributed by atoms with Gasteiger partial charge in [-0.2, -0.15) is 0 Å². The van der Waals surface area contributed by atoms with E-state index >= 15 is 0 Å². The van der Waals surface area contributed by atoms with Gasteiger partial charge in [-0.1, -0.05) is 18.2 Å². The van der Waals surface area contributed by atoms with Gasteiger partial charge in [0.05, 0.1) is 24.2 Å². The van der Waals surface area contributed by atoms with Crippen LogP contribution in [0.3, 0.4) is 0 Å². The van der Waals surface area contributed by atoms with Crippen molar-refractivity contribution in [1.82, 2.24) is 0 Å². The lowest BCUT2D eigenvalue weighted by atomic mass is 10.3. The summed E-state index contributed by atoms with van der Waals surface area (Å²) in [5.74, 6) is -0.0680. The van der Waals surface area contributed by atoms with Crippen LogP contribution in [0, 0.1) is 5.82 Å². The molecule has 0 heterocycles. The lowest BCUT2D eigenvalue weighted by molar-refractivity contribution is 0.415. The molecule has 6 heteroatoms. The van der Waals surface area contributed by atoms with Gasteiger partial charge in [-0.15, -0.1) is 6.58 Å². The molecule has 0 amide bonds. The maximum absolute atomic E-state index is 13.0. The van der Waals surface area contributed by atoms with Crippen LogP contribution < -0.4 is 9.04 Å². The number of benzene rings is 2. The zero-order valence-corrected chi connectivity index (χ0v) is 12.9. The van der Waals surface area contributed by atoms with Gasteiger partial charge in [0.1, 0.15) is 11.6 Å². The minimum absolute atomic E-state index is 0.00153. The molecule has 0 saturated heterocycles. The summed E-state index contributed by atoms with van der Waals surface area (Å²) in [7, 11) is -2.38. The highest BCUT2D eigenvalue weighted by Crippen LogP contribution is 2.32. The van der Waals surface area contributed by atoms with Gasteiger partial charge in [-0.05, 0) is 36.4 Å². The molecule has 0 atom stereocenters. The van der Waals surface area contributed by atoms with Gasteiger partial charge in [0.25, 0.3) is 10.0 Å². The average Bonchev–Trinajstić information content (AvgIpc) is 2.53. The van der Waals surface area contributed by atoms with Gasteiger partial charge in [0.2, 0.25) is 0 Å². The third-order valence-corrected chi connectivity index (χ3v) is 4.84. The van der Waals surface area contributed by atoms with Crippen LogP contribution in [0.2, 0.25) is 0 Å². The molecular weight excluding hydrogens is 305 g/mol. The van der Waals surface area contributed by atoms with Crippen molar-refractivity contribution < 1.29 is 17.5 Å². The molecule has 0 aliphatic rings. The van der Waals surface area contributed by atoms with E-state index in [2.05, 4.69) is 6.58 Å². The SMILES string of the molecule is C=CCN(c1ccccc1OC)S(=O)(=O)c1ccc(F)cc1. The first-order chi connectivity index (χ1) is 10.5. The molecule has 0 bridgehead atoms. The average molecular weight is 321 g/mol. The minimum Gasteiger partial charge on any atom is -0.495 e. The Bertz CT molecular complexity index is 757. The molecule has 0 radical (unpaired) electrons. The van der Waals surface area contributed by atoms with Crippen molar-refractivity contribution in [3.05, 3.63) is 67.0 Å². The van der Waals surface area contributed by atoms with E-state index in [4.69, 9.17) is 4.74 Å². The van der Waals surface area contributed by atoms with Crippen LogP contribution >= 0.6 is 0 Å². The van der Waals surface area contributed by atoms with Crippen LogP contribution in [0.15, 0.2) is 66.1 Å². The molecule has 2 aromatic carbocycles. The molecule has 2 aromatic rings. The highest BCUT2D eigenvalue weighted by Gasteiger charge is 2.26. The van der Waals surface area contributed by atoms with Gasteiger partial charge in [-0.25, -0.2) is 12.8 Å². The Morgan fingerprint density at radius 2 is 1.82 bits per heavy atom. The second-order valence-corrected chi connectivity index (χ2v) is 6.31. The normalized spacial score (nSPS) is 11.0. The van der Waals surface area contributed by atoms with E-state index in [1.54, 1.807) is 24.3 Å². The molecule has 0 spiro atoms. The number of para-hydroxylation sites is 2. The van der Waals surface area contributed by atoms with Gasteiger partial charge in [0, 0.05) is 0 Å². The van der Waals surface area contributed by atoms with Crippen molar-refractivity contribution in [3.8, 4) is 5.75 Å². The van der Waals surface area contributed by atoms with E-state index in [0.29, 0.717) is 11.4 Å². The lowest BCUT2D eigenvalue weighted by Gasteiger charge is -2.24. The molecular formula is C16H16FNO3S. The topological polar surface area (TPSA) is 46.6 Å². The molecule has 0 N–H and O–H groups in total. The van der Waals surface area contributed by atoms with E-state index in [9.17, 15) is 12.8 Å². The molecule has 0 aliphatic carbocycles. The van der Waals surface area contributed by atoms with Gasteiger partial charge in [0.15, 0.2) is 0 Å². The van der Waals surface area contributed by atoms with Gasteiger partial charge >= 0.3 is 0 Å². The Morgan fingerprint density at radius 1 is 1.18 bits per heavy atom. The number of hydrogen-bond donors (Lipinski definition) is 0. The number of hydrogen-bond acceptors (Lipinski definition) is 3. The van der Waals surface area contributed by atoms with Crippen LogP contribution in [0.5, 0.6) is 5.75 Å². The van der Waals surface area contributed by atoms with Crippen molar-refractivity contribution in [3.63, 3.8) is 0 Å². The first-order valence-electron chi connectivity index (χ1n) is 6.53. The lowest BCUT2D eigenvalue weighted by Crippen LogP contribution is -2.31. The van der Waals surface area contributed by atoms with Gasteiger partial charge in [-0.3, -0.25) is 4.31 Å². The highest BCUT2D eigenvalue weighted by atomic mass is 32.2. The van der Waals surface area contributed by atoms with E-state index in [0.717, 1.165) is 12.1 Å². The molecule has 116 valence electrons. The maximum atomic E-state index is 13.0. The summed E-state index contributed by atoms with van der Waals surface area (Å²) in [6.07, 6.45) is 1.48. The Balaban J connectivity index is 2.55. The Kier molecular flexibility index (Phi) is 4.82. The van der Waals surface area contributed by atoms with Crippen molar-refractivity contribution >= 4 is 15.7 Å². The molecule has 22 heavy (non-hydrogen) atoms. The zero-order chi connectivity index (χ0) is 16.2. The fourth-order valence-corrected chi connectivity index (χ4v) is 3.46. The number of halogens is 1. The van der Waals surface area contributed by atoms with E-state index in [1.165, 1.54) is 29.6 Å². The predicted octanol–water partition coefficient (Wildman–Crippen LogP) is 3.22. The number of anilines is 1. The number of methoxy groups -OCH3 is 1. The Hall–Kier alpha value is -2.34. The zero-order valence-electron chi connectivity index (χ0n) is 12.1. The molecule has 0 fully saturated rings. The van der Waals surface area contributed by atoms with E-state index in [1.807, 2.05) is 0 Å². The summed E-state index contributed by atoms with van der Waals surface area (Å²) >= 11 is 0. The second kappa shape index (κ2) is 6.62. The van der Waals surface area contributed by atoms with E-state index < -0.39 is 15.8 Å². The molecule has 0 aliphatic heterocycles. The minimum atomic E-state index is -3.85. The third kappa shape index (κ3) is 3.12. The van der Waals surface area contributed by atoms with Crippen LogP contribution in [0.25, 0.3) is 0 Å². The standard InChI is InChI=1S/C16H16FNO3S/c1-3-12-18(15-6-4-5-7-16(15)21-2)22(19,20)14-10-8-13(17)9-11-14/h3-11H,1,12H2,2H3. The van der Waals surface area contributed by atoms with Crippen LogP contribution in [0.1, 0.15) is 0 Å². The first-order valence-corrected chi connectivity index (χ1v) is 7.97. The van der Waals surface area contributed by atoms with Crippen LogP contribution in [-0.4, -0.2) is 22.1 Å². The van der Waals surface area contributed by atoms with Gasteiger partial charge < -0.3 is 4.74 Å². The van der Waals surface area contributed by atoms with Crippen LogP contribution in [0.4, 0.5) is 10.1 Å². The number of sulfonamides is 1. The number of nitrogens with zero attached hydrogens (tertiary/aromatic N) is 1. The third-order valence-electron chi connectivity index (χ3n) is 3.05. The smallest absolute Gasteiger partial charge is 0.264 e. The summed E-state index contributed by atoms with van der Waals surface area (Å²) in [6.45, 7) is 3.67. The summed E-state index contributed by atoms with van der Waals surface area (Å²) in [5.41, 5.74) is 0.397. The fraction of sp³-hybridized carbons (Fsp3) is 0.125. The van der Waals surface area contributed by atoms with Crippen molar-refractivity contribution in [2.45, 2.75) is 4.90 Å². The summed E-state index contributed by atoms with van der Waals surface area (Å²) in [6, 6.07) is 11.5. The Morgan fingerprint density at radius 3 is 2.41 bits per heavy atom. The first kappa shape index (κ1) is 16.0. The Labute approximate surface area is 129 Å². The molecule has 0 aromatic heterocycles. The predicted molar refractivity (Wildman–Crippen MR) is 84.1 cm³/mol. The second-order valence-electron chi connectivity index (χ2n) is 4.45. The molecule has 0 unspecified atom stereocenters. The summed E-state index contributed by atoms with van der Waals surface area (Å²) in [4.78, 5) is 0.00153. The quantitative estimate of drug-likeness (QED) is 0.768. The van der Waals surface area contributed by atoms with Crippen LogP contribution in [-0.2, 0) is 10.0 Å². The largest absolute Gasteiger partial charge is 0.495 e. The monoisotopic (exact) mass is 321 g/mol. The molecule has 2 rings (SSSR count). The highest BCUT2D eigenvalue weighted by molar-refractivity contribution is 7.92. The van der Waals surface area contributed by atoms with Crippen molar-refractivity contribution in [2.75, 3.05) is 18.0 Å². The fourth-order valence-electron chi connectivity index (χ4n) is 2.01. The molecule has 0 saturated carbocycles. The molecule has 4 nitrogen and oxygen atoms in total. The maximum Gasteiger partial charge on any atom is 0.264 e. The summed E-state index contributed by atoms with van der Waals surface area (Å²) in [5, 5.41) is 0. The van der Waals surface area contributed by atoms with Crippen molar-refractivity contribution in [1.29, 1.82) is 0 Å². The number of rotatable bonds is 6. The van der Waals surface area contributed by atoms with Crippen molar-refractivity contribution in [2.24, 2.45) is 0 Å². The van der Waals surface area contributed by atoms with E-state index in [-0.39, 0.29) is 11.4 Å². The summed E-state index contributed by atoms with van der Waals surface area (Å²) < 4.78 is 45.0. The number of ether oxygens (including phenoxy) is 1.